The molecule has 1 aromatic heterocycles. The van der Waals surface area contributed by atoms with Gasteiger partial charge >= 0.3 is 0 Å². The van der Waals surface area contributed by atoms with Crippen molar-refractivity contribution in [3.05, 3.63) is 95.3 Å². The highest BCUT2D eigenvalue weighted by atomic mass is 32.2. The van der Waals surface area contributed by atoms with Gasteiger partial charge < -0.3 is 10.1 Å². The maximum Gasteiger partial charge on any atom is 0.230 e. The van der Waals surface area contributed by atoms with Gasteiger partial charge in [-0.05, 0) is 42.2 Å². The summed E-state index contributed by atoms with van der Waals surface area (Å²) < 4.78 is 60.1. The first-order chi connectivity index (χ1) is 16.4. The molecule has 5 nitrogen and oxygen atoms in total. The summed E-state index contributed by atoms with van der Waals surface area (Å²) in [5.74, 6) is -2.82. The first-order valence-corrected chi connectivity index (χ1v) is 11.4. The van der Waals surface area contributed by atoms with Crippen molar-refractivity contribution in [3.63, 3.8) is 0 Å². The van der Waals surface area contributed by atoms with E-state index >= 15 is 0 Å². The van der Waals surface area contributed by atoms with Crippen molar-refractivity contribution in [2.45, 2.75) is 12.4 Å². The molecule has 4 rings (SSSR count). The monoisotopic (exact) mass is 486 g/mol. The van der Waals surface area contributed by atoms with Gasteiger partial charge in [0.15, 0.2) is 17.5 Å². The molecule has 174 valence electrons. The lowest BCUT2D eigenvalue weighted by atomic mass is 10.1. The number of halogens is 4. The standard InChI is InChI=1S/C24H18F4N4OS/c1-34-12-14-3-2-4-17(7-14)31-24-30-13-29-23(32-24)18-6-5-16(25)9-22(18)33-11-15-8-20(27)21(28)10-19(15)26/h2-10,13H,11-12H2,1H3,(H,29,30,31,32). The molecule has 0 unspecified atom stereocenters. The van der Waals surface area contributed by atoms with Crippen LogP contribution in [0.1, 0.15) is 11.1 Å². The molecule has 0 bridgehead atoms. The summed E-state index contributed by atoms with van der Waals surface area (Å²) in [4.78, 5) is 12.6. The SMILES string of the molecule is CSCc1cccc(Nc2ncnc(-c3ccc(F)cc3OCc3cc(F)c(F)cc3F)n2)c1. The van der Waals surface area contributed by atoms with Crippen LogP contribution in [0.15, 0.2) is 60.9 Å². The van der Waals surface area contributed by atoms with Crippen molar-refractivity contribution in [3.8, 4) is 17.1 Å². The first kappa shape index (κ1) is 23.5. The van der Waals surface area contributed by atoms with Crippen LogP contribution in [0.25, 0.3) is 11.4 Å². The third-order valence-electron chi connectivity index (χ3n) is 4.72. The Hall–Kier alpha value is -3.66. The number of hydrogen-bond donors (Lipinski definition) is 1. The van der Waals surface area contributed by atoms with Crippen LogP contribution >= 0.6 is 11.8 Å². The predicted molar refractivity (Wildman–Crippen MR) is 123 cm³/mol. The maximum absolute atomic E-state index is 14.0. The van der Waals surface area contributed by atoms with Gasteiger partial charge in [0.1, 0.15) is 30.3 Å². The number of anilines is 2. The summed E-state index contributed by atoms with van der Waals surface area (Å²) in [6.45, 7) is -0.460. The molecule has 0 aliphatic heterocycles. The molecular weight excluding hydrogens is 468 g/mol. The fourth-order valence-electron chi connectivity index (χ4n) is 3.15. The minimum atomic E-state index is -1.31. The molecule has 0 fully saturated rings. The van der Waals surface area contributed by atoms with Crippen LogP contribution in [0.2, 0.25) is 0 Å². The van der Waals surface area contributed by atoms with Crippen molar-refractivity contribution in [1.82, 2.24) is 15.0 Å². The van der Waals surface area contributed by atoms with E-state index in [1.807, 2.05) is 30.5 Å². The van der Waals surface area contributed by atoms with Gasteiger partial charge in [-0.3, -0.25) is 0 Å². The van der Waals surface area contributed by atoms with Gasteiger partial charge in [-0.15, -0.1) is 0 Å². The highest BCUT2D eigenvalue weighted by Gasteiger charge is 2.15. The summed E-state index contributed by atoms with van der Waals surface area (Å²) in [5, 5.41) is 3.11. The van der Waals surface area contributed by atoms with Crippen molar-refractivity contribution in [1.29, 1.82) is 0 Å². The van der Waals surface area contributed by atoms with E-state index in [4.69, 9.17) is 4.74 Å². The second kappa shape index (κ2) is 10.5. The maximum atomic E-state index is 14.0. The fraction of sp³-hybridized carbons (Fsp3) is 0.125. The van der Waals surface area contributed by atoms with Gasteiger partial charge in [0, 0.05) is 29.1 Å². The third-order valence-corrected chi connectivity index (χ3v) is 5.35. The van der Waals surface area contributed by atoms with Gasteiger partial charge in [-0.2, -0.15) is 16.7 Å². The number of benzene rings is 3. The van der Waals surface area contributed by atoms with E-state index in [1.54, 1.807) is 11.8 Å². The highest BCUT2D eigenvalue weighted by molar-refractivity contribution is 7.97. The van der Waals surface area contributed by atoms with Crippen molar-refractivity contribution >= 4 is 23.4 Å². The van der Waals surface area contributed by atoms with E-state index in [0.29, 0.717) is 17.7 Å². The van der Waals surface area contributed by atoms with E-state index in [0.717, 1.165) is 23.1 Å². The summed E-state index contributed by atoms with van der Waals surface area (Å²) in [7, 11) is 0. The van der Waals surface area contributed by atoms with Crippen LogP contribution in [-0.2, 0) is 12.4 Å². The number of nitrogens with one attached hydrogen (secondary N) is 1. The summed E-state index contributed by atoms with van der Waals surface area (Å²) in [6.07, 6.45) is 3.31. The molecule has 0 spiro atoms. The molecular formula is C24H18F4N4OS. The van der Waals surface area contributed by atoms with Crippen molar-refractivity contribution < 1.29 is 22.3 Å². The van der Waals surface area contributed by atoms with Crippen LogP contribution in [0, 0.1) is 23.3 Å². The Bertz CT molecular complexity index is 1320. The van der Waals surface area contributed by atoms with Crippen LogP contribution in [0.5, 0.6) is 5.75 Å². The van der Waals surface area contributed by atoms with Crippen LogP contribution in [0.4, 0.5) is 29.2 Å². The van der Waals surface area contributed by atoms with E-state index in [2.05, 4.69) is 20.3 Å². The van der Waals surface area contributed by atoms with E-state index in [1.165, 1.54) is 18.5 Å². The molecule has 0 radical (unpaired) electrons. The largest absolute Gasteiger partial charge is 0.488 e. The zero-order valence-electron chi connectivity index (χ0n) is 17.9. The third kappa shape index (κ3) is 5.63. The van der Waals surface area contributed by atoms with Crippen molar-refractivity contribution in [2.24, 2.45) is 0 Å². The number of rotatable bonds is 8. The second-order valence-corrected chi connectivity index (χ2v) is 8.04. The van der Waals surface area contributed by atoms with Crippen LogP contribution < -0.4 is 10.1 Å². The molecule has 1 N–H and O–H groups in total. The smallest absolute Gasteiger partial charge is 0.230 e. The minimum Gasteiger partial charge on any atom is -0.488 e. The molecule has 10 heteroatoms. The molecule has 0 saturated carbocycles. The Morgan fingerprint density at radius 3 is 2.56 bits per heavy atom. The predicted octanol–water partition coefficient (Wildman–Crippen LogP) is 6.28. The van der Waals surface area contributed by atoms with Gasteiger partial charge in [0.25, 0.3) is 0 Å². The zero-order valence-corrected chi connectivity index (χ0v) is 18.7. The highest BCUT2D eigenvalue weighted by Crippen LogP contribution is 2.30. The molecule has 0 aliphatic carbocycles. The lowest BCUT2D eigenvalue weighted by Gasteiger charge is -2.12. The molecule has 1 heterocycles. The number of thioether (sulfide) groups is 1. The number of ether oxygens (including phenoxy) is 1. The Morgan fingerprint density at radius 1 is 0.912 bits per heavy atom. The quantitative estimate of drug-likeness (QED) is 0.234. The minimum absolute atomic E-state index is 0.00301. The first-order valence-electron chi connectivity index (χ1n) is 10.0. The van der Waals surface area contributed by atoms with E-state index in [-0.39, 0.29) is 23.1 Å². The molecule has 4 aromatic rings. The fourth-order valence-corrected chi connectivity index (χ4v) is 3.66. The average molecular weight is 486 g/mol. The molecule has 3 aromatic carbocycles. The van der Waals surface area contributed by atoms with Crippen molar-refractivity contribution in [2.75, 3.05) is 11.6 Å². The van der Waals surface area contributed by atoms with Gasteiger partial charge in [0.05, 0.1) is 5.56 Å². The van der Waals surface area contributed by atoms with E-state index < -0.39 is 29.9 Å². The van der Waals surface area contributed by atoms with Gasteiger partial charge in [0.2, 0.25) is 5.95 Å². The Balaban J connectivity index is 1.59. The lowest BCUT2D eigenvalue weighted by molar-refractivity contribution is 0.297. The molecule has 0 aliphatic rings. The number of hydrogen-bond acceptors (Lipinski definition) is 6. The summed E-state index contributed by atoms with van der Waals surface area (Å²) in [6, 6.07) is 12.6. The average Bonchev–Trinajstić information content (AvgIpc) is 2.81. The number of aromatic nitrogens is 3. The topological polar surface area (TPSA) is 59.9 Å². The van der Waals surface area contributed by atoms with Gasteiger partial charge in [-0.25, -0.2) is 27.5 Å². The summed E-state index contributed by atoms with van der Waals surface area (Å²) in [5.41, 5.74) is 2.00. The molecule has 0 saturated heterocycles. The van der Waals surface area contributed by atoms with Crippen LogP contribution in [-0.4, -0.2) is 21.2 Å². The zero-order chi connectivity index (χ0) is 24.1. The molecule has 0 atom stereocenters. The Morgan fingerprint density at radius 2 is 1.74 bits per heavy atom. The molecule has 34 heavy (non-hydrogen) atoms. The van der Waals surface area contributed by atoms with Gasteiger partial charge in [-0.1, -0.05) is 12.1 Å². The normalized spacial score (nSPS) is 10.9. The Labute approximate surface area is 197 Å². The second-order valence-electron chi connectivity index (χ2n) is 7.18. The lowest BCUT2D eigenvalue weighted by Crippen LogP contribution is -2.04. The Kier molecular flexibility index (Phi) is 7.27. The molecule has 0 amide bonds. The van der Waals surface area contributed by atoms with Crippen LogP contribution in [0.3, 0.4) is 0 Å². The number of nitrogens with zero attached hydrogens (tertiary/aromatic N) is 3. The van der Waals surface area contributed by atoms with E-state index in [9.17, 15) is 17.6 Å². The summed E-state index contributed by atoms with van der Waals surface area (Å²) >= 11 is 1.70.